The molecule has 1 aromatic carbocycles. The first-order valence-corrected chi connectivity index (χ1v) is 10.3. The van der Waals surface area contributed by atoms with Crippen LogP contribution in [-0.2, 0) is 24.8 Å². The summed E-state index contributed by atoms with van der Waals surface area (Å²) in [4.78, 5) is 28.4. The van der Waals surface area contributed by atoms with E-state index in [-0.39, 0.29) is 5.56 Å². The van der Waals surface area contributed by atoms with Gasteiger partial charge in [0, 0.05) is 13.6 Å². The van der Waals surface area contributed by atoms with Crippen LogP contribution in [0.1, 0.15) is 39.3 Å². The number of hydrogen-bond donors (Lipinski definition) is 1. The molecule has 0 saturated heterocycles. The SMILES string of the molecule is CCCc1nn(C)c2c(=O)n(CCCOc3ccc(OC(C)(C)C(=O)O)cc3)cnc12. The van der Waals surface area contributed by atoms with Crippen molar-refractivity contribution in [1.82, 2.24) is 19.3 Å². The van der Waals surface area contributed by atoms with Crippen molar-refractivity contribution in [3.8, 4) is 11.5 Å². The van der Waals surface area contributed by atoms with E-state index in [4.69, 9.17) is 14.6 Å². The standard InChI is InChI=1S/C22H28N4O5/c1-5-7-17-18-19(25(4)24-17)20(27)26(14-23-18)12-6-13-30-15-8-10-16(11-9-15)31-22(2,3)21(28)29/h8-11,14H,5-7,12-13H2,1-4H3,(H,28,29). The zero-order valence-electron chi connectivity index (χ0n) is 18.3. The second-order valence-electron chi connectivity index (χ2n) is 7.85. The molecule has 0 radical (unpaired) electrons. The normalized spacial score (nSPS) is 11.6. The molecule has 166 valence electrons. The molecule has 3 aromatic rings. The zero-order valence-corrected chi connectivity index (χ0v) is 18.3. The third-order valence-electron chi connectivity index (χ3n) is 4.89. The van der Waals surface area contributed by atoms with E-state index >= 15 is 0 Å². The van der Waals surface area contributed by atoms with Crippen LogP contribution in [0.15, 0.2) is 35.4 Å². The molecule has 0 saturated carbocycles. The number of rotatable bonds is 10. The summed E-state index contributed by atoms with van der Waals surface area (Å²) in [5.74, 6) is 0.0463. The second-order valence-corrected chi connectivity index (χ2v) is 7.85. The second kappa shape index (κ2) is 9.20. The predicted octanol–water partition coefficient (Wildman–Crippen LogP) is 2.79. The smallest absolute Gasteiger partial charge is 0.347 e. The van der Waals surface area contributed by atoms with Crippen LogP contribution in [0.2, 0.25) is 0 Å². The van der Waals surface area contributed by atoms with Crippen LogP contribution in [0.4, 0.5) is 0 Å². The number of aryl methyl sites for hydroxylation is 3. The van der Waals surface area contributed by atoms with E-state index in [2.05, 4.69) is 17.0 Å². The average Bonchev–Trinajstić information content (AvgIpc) is 3.04. The van der Waals surface area contributed by atoms with Gasteiger partial charge in [0.05, 0.1) is 18.6 Å². The molecule has 0 bridgehead atoms. The van der Waals surface area contributed by atoms with Gasteiger partial charge in [0.2, 0.25) is 0 Å². The van der Waals surface area contributed by atoms with Crippen molar-refractivity contribution in [2.75, 3.05) is 6.61 Å². The number of carboxylic acids is 1. The molecule has 31 heavy (non-hydrogen) atoms. The fourth-order valence-corrected chi connectivity index (χ4v) is 3.19. The molecular formula is C22H28N4O5. The van der Waals surface area contributed by atoms with Crippen molar-refractivity contribution >= 4 is 17.0 Å². The molecule has 0 aliphatic carbocycles. The zero-order chi connectivity index (χ0) is 22.6. The molecular weight excluding hydrogens is 400 g/mol. The maximum absolute atomic E-state index is 12.8. The fourth-order valence-electron chi connectivity index (χ4n) is 3.19. The number of nitrogens with zero attached hydrogens (tertiary/aromatic N) is 4. The van der Waals surface area contributed by atoms with Crippen LogP contribution in [0.3, 0.4) is 0 Å². The summed E-state index contributed by atoms with van der Waals surface area (Å²) in [6.45, 7) is 5.94. The number of aliphatic carboxylic acids is 1. The quantitative estimate of drug-likeness (QED) is 0.495. The van der Waals surface area contributed by atoms with Crippen LogP contribution in [-0.4, -0.2) is 42.6 Å². The first kappa shape index (κ1) is 22.3. The predicted molar refractivity (Wildman–Crippen MR) is 116 cm³/mol. The summed E-state index contributed by atoms with van der Waals surface area (Å²) in [5, 5.41) is 13.6. The van der Waals surface area contributed by atoms with Gasteiger partial charge in [0.1, 0.15) is 17.0 Å². The molecule has 0 aliphatic heterocycles. The summed E-state index contributed by atoms with van der Waals surface area (Å²) >= 11 is 0. The van der Waals surface area contributed by atoms with Gasteiger partial charge in [0.15, 0.2) is 11.1 Å². The molecule has 0 unspecified atom stereocenters. The Bertz CT molecular complexity index is 1120. The van der Waals surface area contributed by atoms with Crippen molar-refractivity contribution in [2.24, 2.45) is 7.05 Å². The van der Waals surface area contributed by atoms with E-state index in [1.54, 1.807) is 46.9 Å². The minimum atomic E-state index is -1.31. The summed E-state index contributed by atoms with van der Waals surface area (Å²) in [7, 11) is 1.77. The number of carbonyl (C=O) groups is 1. The Kier molecular flexibility index (Phi) is 6.62. The summed E-state index contributed by atoms with van der Waals surface area (Å²) in [5.41, 5.74) is 0.634. The van der Waals surface area contributed by atoms with Crippen LogP contribution >= 0.6 is 0 Å². The molecule has 1 N–H and O–H groups in total. The summed E-state index contributed by atoms with van der Waals surface area (Å²) in [6, 6.07) is 6.77. The lowest BCUT2D eigenvalue weighted by Crippen LogP contribution is -2.37. The van der Waals surface area contributed by atoms with Crippen molar-refractivity contribution in [2.45, 2.75) is 52.2 Å². The summed E-state index contributed by atoms with van der Waals surface area (Å²) < 4.78 is 14.4. The molecule has 2 heterocycles. The van der Waals surface area contributed by atoms with E-state index in [1.807, 2.05) is 0 Å². The van der Waals surface area contributed by atoms with Gasteiger partial charge >= 0.3 is 5.97 Å². The number of aromatic nitrogens is 4. The van der Waals surface area contributed by atoms with Crippen molar-refractivity contribution in [3.05, 3.63) is 46.6 Å². The monoisotopic (exact) mass is 428 g/mol. The number of hydrogen-bond acceptors (Lipinski definition) is 6. The molecule has 0 fully saturated rings. The Morgan fingerprint density at radius 3 is 2.52 bits per heavy atom. The molecule has 0 spiro atoms. The van der Waals surface area contributed by atoms with Gasteiger partial charge < -0.3 is 14.6 Å². The van der Waals surface area contributed by atoms with Gasteiger partial charge in [-0.3, -0.25) is 14.0 Å². The molecule has 3 rings (SSSR count). The van der Waals surface area contributed by atoms with Crippen molar-refractivity contribution in [1.29, 1.82) is 0 Å². The van der Waals surface area contributed by atoms with Crippen LogP contribution < -0.4 is 15.0 Å². The molecule has 9 heteroatoms. The fraction of sp³-hybridized carbons (Fsp3) is 0.455. The van der Waals surface area contributed by atoms with E-state index in [1.165, 1.54) is 13.8 Å². The highest BCUT2D eigenvalue weighted by atomic mass is 16.5. The van der Waals surface area contributed by atoms with Gasteiger partial charge in [-0.15, -0.1) is 0 Å². The maximum atomic E-state index is 12.8. The Morgan fingerprint density at radius 1 is 1.19 bits per heavy atom. The largest absolute Gasteiger partial charge is 0.494 e. The third-order valence-corrected chi connectivity index (χ3v) is 4.89. The number of carboxylic acid groups (broad SMARTS) is 1. The van der Waals surface area contributed by atoms with Gasteiger partial charge in [-0.1, -0.05) is 13.3 Å². The number of fused-ring (bicyclic) bond motifs is 1. The molecule has 9 nitrogen and oxygen atoms in total. The average molecular weight is 428 g/mol. The molecule has 0 amide bonds. The molecule has 0 atom stereocenters. The van der Waals surface area contributed by atoms with Crippen LogP contribution in [0, 0.1) is 0 Å². The molecule has 0 aliphatic rings. The number of ether oxygens (including phenoxy) is 2. The van der Waals surface area contributed by atoms with Crippen LogP contribution in [0.25, 0.3) is 11.0 Å². The minimum Gasteiger partial charge on any atom is -0.494 e. The van der Waals surface area contributed by atoms with Gasteiger partial charge in [-0.25, -0.2) is 9.78 Å². The van der Waals surface area contributed by atoms with Gasteiger partial charge in [-0.05, 0) is 51.0 Å². The first-order valence-electron chi connectivity index (χ1n) is 10.3. The third kappa shape index (κ3) is 5.04. The Labute approximate surface area is 180 Å². The highest BCUT2D eigenvalue weighted by Crippen LogP contribution is 2.22. The minimum absolute atomic E-state index is 0.107. The molecule has 2 aromatic heterocycles. The number of benzene rings is 1. The van der Waals surface area contributed by atoms with Gasteiger partial charge in [0.25, 0.3) is 5.56 Å². The Morgan fingerprint density at radius 2 is 1.87 bits per heavy atom. The Balaban J connectivity index is 1.57. The summed E-state index contributed by atoms with van der Waals surface area (Å²) in [6.07, 6.45) is 3.93. The van der Waals surface area contributed by atoms with Crippen molar-refractivity contribution < 1.29 is 19.4 Å². The van der Waals surface area contributed by atoms with E-state index in [0.717, 1.165) is 18.5 Å². The highest BCUT2D eigenvalue weighted by molar-refractivity contribution is 5.77. The van der Waals surface area contributed by atoms with Crippen molar-refractivity contribution in [3.63, 3.8) is 0 Å². The van der Waals surface area contributed by atoms with E-state index in [9.17, 15) is 9.59 Å². The van der Waals surface area contributed by atoms with Crippen LogP contribution in [0.5, 0.6) is 11.5 Å². The first-order chi connectivity index (χ1) is 14.7. The lowest BCUT2D eigenvalue weighted by atomic mass is 10.1. The van der Waals surface area contributed by atoms with Gasteiger partial charge in [-0.2, -0.15) is 5.10 Å². The maximum Gasteiger partial charge on any atom is 0.347 e. The van der Waals surface area contributed by atoms with E-state index in [0.29, 0.717) is 42.1 Å². The lowest BCUT2D eigenvalue weighted by Gasteiger charge is -2.21. The Hall–Kier alpha value is -3.36. The topological polar surface area (TPSA) is 108 Å². The lowest BCUT2D eigenvalue weighted by molar-refractivity contribution is -0.152. The highest BCUT2D eigenvalue weighted by Gasteiger charge is 2.29. The van der Waals surface area contributed by atoms with E-state index < -0.39 is 11.6 Å².